The van der Waals surface area contributed by atoms with E-state index in [4.69, 9.17) is 33.0 Å². The van der Waals surface area contributed by atoms with E-state index >= 15 is 0 Å². The van der Waals surface area contributed by atoms with Crippen molar-refractivity contribution < 1.29 is 18.9 Å². The van der Waals surface area contributed by atoms with Crippen LogP contribution in [0.3, 0.4) is 0 Å². The number of hydrogen-bond donors (Lipinski definition) is 2. The highest BCUT2D eigenvalue weighted by atomic mass is 35.5. The summed E-state index contributed by atoms with van der Waals surface area (Å²) in [4.78, 5) is 34.4. The summed E-state index contributed by atoms with van der Waals surface area (Å²) in [6.45, 7) is 2.08. The molecular formula is C24H19ClN6O5S. The van der Waals surface area contributed by atoms with Gasteiger partial charge in [-0.25, -0.2) is 4.98 Å². The fraction of sp³-hybridized carbons (Fsp3) is 0.167. The van der Waals surface area contributed by atoms with Crippen LogP contribution >= 0.6 is 23.8 Å². The molecular weight excluding hydrogens is 520 g/mol. The lowest BCUT2D eigenvalue weighted by Gasteiger charge is -2.30. The average molecular weight is 539 g/mol. The zero-order valence-corrected chi connectivity index (χ0v) is 20.7. The number of thiocarbonyl (C=S) groups is 1. The number of nitro benzene ring substituents is 1. The third kappa shape index (κ3) is 5.35. The van der Waals surface area contributed by atoms with Crippen LogP contribution in [0.1, 0.15) is 10.4 Å². The molecule has 1 saturated heterocycles. The molecule has 188 valence electrons. The van der Waals surface area contributed by atoms with Crippen LogP contribution in [0, 0.1) is 10.1 Å². The quantitative estimate of drug-likeness (QED) is 0.213. The van der Waals surface area contributed by atoms with Gasteiger partial charge in [-0.05, 0) is 48.6 Å². The molecule has 2 aromatic carbocycles. The van der Waals surface area contributed by atoms with E-state index < -0.39 is 10.8 Å². The highest BCUT2D eigenvalue weighted by molar-refractivity contribution is 7.80. The minimum Gasteiger partial charge on any atom is -0.434 e. The van der Waals surface area contributed by atoms with Crippen molar-refractivity contribution in [3.05, 3.63) is 75.4 Å². The van der Waals surface area contributed by atoms with Crippen LogP contribution < -0.4 is 15.5 Å². The normalized spacial score (nSPS) is 13.4. The molecule has 0 aliphatic carbocycles. The number of rotatable bonds is 5. The number of nitro groups is 1. The number of ether oxygens (including phenoxy) is 1. The molecule has 2 N–H and O–H groups in total. The minimum absolute atomic E-state index is 0.0392. The van der Waals surface area contributed by atoms with E-state index in [1.807, 2.05) is 4.90 Å². The van der Waals surface area contributed by atoms with Crippen LogP contribution in [-0.4, -0.2) is 52.2 Å². The van der Waals surface area contributed by atoms with Crippen LogP contribution in [0.5, 0.6) is 0 Å². The SMILES string of the molecule is O=C(NC(=S)Nc1cc(-c2nc3ncccc3o2)ccc1Cl)c1cc([N+](=O)[O-])ccc1N1CCOCC1. The molecule has 2 aromatic heterocycles. The second-order valence-electron chi connectivity index (χ2n) is 8.01. The molecule has 1 amide bonds. The van der Waals surface area contributed by atoms with Crippen molar-refractivity contribution in [1.82, 2.24) is 15.3 Å². The summed E-state index contributed by atoms with van der Waals surface area (Å²) in [7, 11) is 0. The largest absolute Gasteiger partial charge is 0.434 e. The number of anilines is 2. The first kappa shape index (κ1) is 24.6. The Bertz CT molecular complexity index is 1490. The van der Waals surface area contributed by atoms with Gasteiger partial charge in [-0.15, -0.1) is 0 Å². The number of non-ortho nitro benzene ring substituents is 1. The number of fused-ring (bicyclic) bond motifs is 1. The van der Waals surface area contributed by atoms with Gasteiger partial charge in [0.15, 0.2) is 16.3 Å². The third-order valence-electron chi connectivity index (χ3n) is 5.64. The molecule has 0 atom stereocenters. The maximum Gasteiger partial charge on any atom is 0.270 e. The topological polar surface area (TPSA) is 136 Å². The molecule has 0 bridgehead atoms. The average Bonchev–Trinajstić information content (AvgIpc) is 3.34. The number of aromatic nitrogens is 2. The molecule has 3 heterocycles. The number of benzene rings is 2. The molecule has 1 aliphatic rings. The number of oxazole rings is 1. The number of halogens is 1. The lowest BCUT2D eigenvalue weighted by atomic mass is 10.1. The summed E-state index contributed by atoms with van der Waals surface area (Å²) in [5.74, 6) is -0.255. The first-order chi connectivity index (χ1) is 17.9. The van der Waals surface area contributed by atoms with Crippen molar-refractivity contribution in [1.29, 1.82) is 0 Å². The van der Waals surface area contributed by atoms with E-state index in [0.29, 0.717) is 65.4 Å². The zero-order chi connectivity index (χ0) is 25.9. The fourth-order valence-corrected chi connectivity index (χ4v) is 4.24. The number of amides is 1. The number of carbonyl (C=O) groups is 1. The lowest BCUT2D eigenvalue weighted by Crippen LogP contribution is -2.39. The van der Waals surface area contributed by atoms with E-state index in [1.165, 1.54) is 12.1 Å². The molecule has 11 nitrogen and oxygen atoms in total. The predicted molar refractivity (Wildman–Crippen MR) is 142 cm³/mol. The Morgan fingerprint density at radius 3 is 2.73 bits per heavy atom. The van der Waals surface area contributed by atoms with E-state index in [-0.39, 0.29) is 16.4 Å². The van der Waals surface area contributed by atoms with Crippen LogP contribution in [-0.2, 0) is 4.74 Å². The van der Waals surface area contributed by atoms with Crippen LogP contribution in [0.15, 0.2) is 59.1 Å². The monoisotopic (exact) mass is 538 g/mol. The van der Waals surface area contributed by atoms with Crippen molar-refractivity contribution >= 4 is 63.1 Å². The number of nitrogens with zero attached hydrogens (tertiary/aromatic N) is 4. The summed E-state index contributed by atoms with van der Waals surface area (Å²) in [5.41, 5.74) is 2.51. The van der Waals surface area contributed by atoms with E-state index in [1.54, 1.807) is 42.6 Å². The number of hydrogen-bond acceptors (Lipinski definition) is 9. The first-order valence-corrected chi connectivity index (χ1v) is 11.9. The van der Waals surface area contributed by atoms with Gasteiger partial charge in [0.05, 0.1) is 40.1 Å². The van der Waals surface area contributed by atoms with Crippen LogP contribution in [0.2, 0.25) is 5.02 Å². The molecule has 0 saturated carbocycles. The molecule has 0 unspecified atom stereocenters. The van der Waals surface area contributed by atoms with Crippen LogP contribution in [0.4, 0.5) is 17.1 Å². The molecule has 5 rings (SSSR count). The van der Waals surface area contributed by atoms with E-state index in [2.05, 4.69) is 20.6 Å². The summed E-state index contributed by atoms with van der Waals surface area (Å²) in [6.07, 6.45) is 1.62. The van der Waals surface area contributed by atoms with Gasteiger partial charge < -0.3 is 19.4 Å². The zero-order valence-electron chi connectivity index (χ0n) is 19.1. The van der Waals surface area contributed by atoms with Gasteiger partial charge in [0.2, 0.25) is 5.89 Å². The summed E-state index contributed by atoms with van der Waals surface area (Å²) >= 11 is 11.7. The van der Waals surface area contributed by atoms with Gasteiger partial charge in [0, 0.05) is 37.0 Å². The van der Waals surface area contributed by atoms with Crippen molar-refractivity contribution in [3.8, 4) is 11.5 Å². The molecule has 0 spiro atoms. The summed E-state index contributed by atoms with van der Waals surface area (Å²) in [6, 6.07) is 12.7. The number of morpholine rings is 1. The fourth-order valence-electron chi connectivity index (χ4n) is 3.87. The maximum absolute atomic E-state index is 13.2. The molecule has 1 aliphatic heterocycles. The van der Waals surface area contributed by atoms with E-state index in [9.17, 15) is 14.9 Å². The Morgan fingerprint density at radius 2 is 1.97 bits per heavy atom. The van der Waals surface area contributed by atoms with E-state index in [0.717, 1.165) is 0 Å². The number of nitrogens with one attached hydrogen (secondary N) is 2. The van der Waals surface area contributed by atoms with Gasteiger partial charge in [-0.3, -0.25) is 20.2 Å². The standard InChI is InChI=1S/C24H19ClN6O5S/c25-17-5-3-14(23-28-21-20(36-23)2-1-7-26-21)12-18(17)27-24(37)29-22(32)16-13-15(31(33)34)4-6-19(16)30-8-10-35-11-9-30/h1-7,12-13H,8-11H2,(H2,27,29,32,37). The predicted octanol–water partition coefficient (Wildman–Crippen LogP) is 4.41. The smallest absolute Gasteiger partial charge is 0.270 e. The Kier molecular flexibility index (Phi) is 6.95. The first-order valence-electron chi connectivity index (χ1n) is 11.1. The minimum atomic E-state index is -0.597. The second-order valence-corrected chi connectivity index (χ2v) is 8.82. The third-order valence-corrected chi connectivity index (χ3v) is 6.17. The highest BCUT2D eigenvalue weighted by Crippen LogP contribution is 2.30. The van der Waals surface area contributed by atoms with Crippen molar-refractivity contribution in [2.45, 2.75) is 0 Å². The van der Waals surface area contributed by atoms with Crippen LogP contribution in [0.25, 0.3) is 22.7 Å². The molecule has 4 aromatic rings. The van der Waals surface area contributed by atoms with Gasteiger partial charge in [0.1, 0.15) is 0 Å². The Balaban J connectivity index is 1.36. The second kappa shape index (κ2) is 10.5. The van der Waals surface area contributed by atoms with Gasteiger partial charge in [-0.2, -0.15) is 4.98 Å². The summed E-state index contributed by atoms with van der Waals surface area (Å²) in [5, 5.41) is 17.1. The highest BCUT2D eigenvalue weighted by Gasteiger charge is 2.23. The Labute approximate surface area is 220 Å². The van der Waals surface area contributed by atoms with Gasteiger partial charge in [-0.1, -0.05) is 11.6 Å². The molecule has 13 heteroatoms. The van der Waals surface area contributed by atoms with Gasteiger partial charge in [0.25, 0.3) is 11.6 Å². The molecule has 1 fully saturated rings. The Morgan fingerprint density at radius 1 is 1.16 bits per heavy atom. The van der Waals surface area contributed by atoms with Gasteiger partial charge >= 0.3 is 0 Å². The van der Waals surface area contributed by atoms with Crippen molar-refractivity contribution in [2.75, 3.05) is 36.5 Å². The number of carbonyl (C=O) groups excluding carboxylic acids is 1. The maximum atomic E-state index is 13.2. The Hall–Kier alpha value is -4.13. The van der Waals surface area contributed by atoms with Crippen molar-refractivity contribution in [2.24, 2.45) is 0 Å². The molecule has 37 heavy (non-hydrogen) atoms. The number of pyridine rings is 1. The lowest BCUT2D eigenvalue weighted by molar-refractivity contribution is -0.384. The molecule has 0 radical (unpaired) electrons. The van der Waals surface area contributed by atoms with Crippen molar-refractivity contribution in [3.63, 3.8) is 0 Å². The summed E-state index contributed by atoms with van der Waals surface area (Å²) < 4.78 is 11.1.